The lowest BCUT2D eigenvalue weighted by Gasteiger charge is -2.32. The number of nitrogens with zero attached hydrogens (tertiary/aromatic N) is 1. The van der Waals surface area contributed by atoms with Gasteiger partial charge < -0.3 is 10.0 Å². The smallest absolute Gasteiger partial charge is 0.126 e. The quantitative estimate of drug-likeness (QED) is 0.693. The molecule has 1 saturated heterocycles. The molecule has 1 unspecified atom stereocenters. The maximum absolute atomic E-state index is 13.0. The van der Waals surface area contributed by atoms with Gasteiger partial charge >= 0.3 is 0 Å². The number of alkyl halides is 1. The highest BCUT2D eigenvalue weighted by molar-refractivity contribution is 4.76. The molecule has 1 fully saturated rings. The second-order valence-electron chi connectivity index (χ2n) is 3.47. The standard InChI is InChI=1S/C9H18FNO/c1-2-11-5-3-8(4-6-11)9(10)7-12/h8-9,12H,2-7H2,1H3. The van der Waals surface area contributed by atoms with Crippen molar-refractivity contribution in [2.45, 2.75) is 25.9 Å². The van der Waals surface area contributed by atoms with Gasteiger partial charge in [-0.25, -0.2) is 4.39 Å². The molecule has 1 N–H and O–H groups in total. The second kappa shape index (κ2) is 4.77. The van der Waals surface area contributed by atoms with Crippen LogP contribution in [0.1, 0.15) is 19.8 Å². The number of aliphatic hydroxyl groups excluding tert-OH is 1. The van der Waals surface area contributed by atoms with E-state index in [9.17, 15) is 4.39 Å². The van der Waals surface area contributed by atoms with E-state index in [1.807, 2.05) is 0 Å². The first-order valence-electron chi connectivity index (χ1n) is 4.75. The predicted molar refractivity (Wildman–Crippen MR) is 46.8 cm³/mol. The maximum atomic E-state index is 13.0. The number of rotatable bonds is 3. The number of halogens is 1. The van der Waals surface area contributed by atoms with Crippen LogP contribution in [0, 0.1) is 5.92 Å². The molecule has 2 nitrogen and oxygen atoms in total. The molecule has 12 heavy (non-hydrogen) atoms. The zero-order valence-corrected chi connectivity index (χ0v) is 7.67. The van der Waals surface area contributed by atoms with E-state index < -0.39 is 6.17 Å². The summed E-state index contributed by atoms with van der Waals surface area (Å²) in [6.07, 6.45) is 0.800. The van der Waals surface area contributed by atoms with Crippen LogP contribution in [0.5, 0.6) is 0 Å². The molecule has 1 rings (SSSR count). The summed E-state index contributed by atoms with van der Waals surface area (Å²) in [5.41, 5.74) is 0. The molecule has 0 aromatic heterocycles. The number of hydrogen-bond donors (Lipinski definition) is 1. The number of hydrogen-bond acceptors (Lipinski definition) is 2. The molecule has 1 aliphatic heterocycles. The van der Waals surface area contributed by atoms with Crippen LogP contribution in [-0.2, 0) is 0 Å². The largest absolute Gasteiger partial charge is 0.393 e. The van der Waals surface area contributed by atoms with Crippen molar-refractivity contribution in [3.8, 4) is 0 Å². The maximum Gasteiger partial charge on any atom is 0.126 e. The summed E-state index contributed by atoms with van der Waals surface area (Å²) in [7, 11) is 0. The Bertz CT molecular complexity index is 124. The zero-order valence-electron chi connectivity index (χ0n) is 7.67. The van der Waals surface area contributed by atoms with E-state index in [4.69, 9.17) is 5.11 Å². The van der Waals surface area contributed by atoms with Crippen molar-refractivity contribution < 1.29 is 9.50 Å². The molecule has 1 aliphatic rings. The third kappa shape index (κ3) is 2.42. The molecule has 0 aliphatic carbocycles. The minimum absolute atomic E-state index is 0.0952. The second-order valence-corrected chi connectivity index (χ2v) is 3.47. The molecule has 1 heterocycles. The van der Waals surface area contributed by atoms with Gasteiger partial charge in [0, 0.05) is 0 Å². The van der Waals surface area contributed by atoms with Crippen molar-refractivity contribution in [3.05, 3.63) is 0 Å². The van der Waals surface area contributed by atoms with Crippen LogP contribution in [0.4, 0.5) is 4.39 Å². The van der Waals surface area contributed by atoms with Crippen molar-refractivity contribution in [3.63, 3.8) is 0 Å². The van der Waals surface area contributed by atoms with Crippen molar-refractivity contribution in [1.29, 1.82) is 0 Å². The van der Waals surface area contributed by atoms with Gasteiger partial charge in [0.15, 0.2) is 0 Å². The summed E-state index contributed by atoms with van der Waals surface area (Å²) >= 11 is 0. The molecule has 0 spiro atoms. The molecule has 72 valence electrons. The molecular weight excluding hydrogens is 157 g/mol. The summed E-state index contributed by atoms with van der Waals surface area (Å²) in [4.78, 5) is 2.32. The van der Waals surface area contributed by atoms with Crippen LogP contribution in [-0.4, -0.2) is 42.4 Å². The number of aliphatic hydroxyl groups is 1. The van der Waals surface area contributed by atoms with Gasteiger partial charge in [-0.2, -0.15) is 0 Å². The molecule has 0 aromatic rings. The summed E-state index contributed by atoms with van der Waals surface area (Å²) in [5, 5.41) is 8.62. The first-order chi connectivity index (χ1) is 5.77. The van der Waals surface area contributed by atoms with E-state index in [0.717, 1.165) is 32.5 Å². The van der Waals surface area contributed by atoms with Gasteiger partial charge in [-0.1, -0.05) is 6.92 Å². The Balaban J connectivity index is 2.25. The van der Waals surface area contributed by atoms with Gasteiger partial charge in [0.25, 0.3) is 0 Å². The lowest BCUT2D eigenvalue weighted by atomic mass is 9.92. The van der Waals surface area contributed by atoms with Gasteiger partial charge in [0.05, 0.1) is 6.61 Å². The van der Waals surface area contributed by atoms with E-state index in [1.54, 1.807) is 0 Å². The van der Waals surface area contributed by atoms with Crippen LogP contribution in [0.25, 0.3) is 0 Å². The molecular formula is C9H18FNO. The SMILES string of the molecule is CCN1CCC(C(F)CO)CC1. The van der Waals surface area contributed by atoms with Crippen molar-refractivity contribution in [2.75, 3.05) is 26.2 Å². The monoisotopic (exact) mass is 175 g/mol. The fourth-order valence-corrected chi connectivity index (χ4v) is 1.78. The molecule has 0 radical (unpaired) electrons. The summed E-state index contributed by atoms with van der Waals surface area (Å²) < 4.78 is 13.0. The van der Waals surface area contributed by atoms with Gasteiger partial charge in [-0.05, 0) is 38.4 Å². The van der Waals surface area contributed by atoms with E-state index in [-0.39, 0.29) is 12.5 Å². The van der Waals surface area contributed by atoms with E-state index in [1.165, 1.54) is 0 Å². The Hall–Kier alpha value is -0.150. The lowest BCUT2D eigenvalue weighted by molar-refractivity contribution is 0.0793. The lowest BCUT2D eigenvalue weighted by Crippen LogP contribution is -2.37. The minimum atomic E-state index is -0.996. The molecule has 0 amide bonds. The number of likely N-dealkylation sites (tertiary alicyclic amines) is 1. The first-order valence-corrected chi connectivity index (χ1v) is 4.75. The molecule has 1 atom stereocenters. The summed E-state index contributed by atoms with van der Waals surface area (Å²) in [6.45, 7) is 4.85. The highest BCUT2D eigenvalue weighted by atomic mass is 19.1. The van der Waals surface area contributed by atoms with Crippen molar-refractivity contribution in [1.82, 2.24) is 4.90 Å². The molecule has 0 aromatic carbocycles. The Labute approximate surface area is 73.4 Å². The van der Waals surface area contributed by atoms with E-state index in [0.29, 0.717) is 0 Å². The van der Waals surface area contributed by atoms with Crippen LogP contribution >= 0.6 is 0 Å². The van der Waals surface area contributed by atoms with E-state index in [2.05, 4.69) is 11.8 Å². The van der Waals surface area contributed by atoms with E-state index >= 15 is 0 Å². The third-order valence-corrected chi connectivity index (χ3v) is 2.77. The Morgan fingerprint density at radius 1 is 1.50 bits per heavy atom. The fourth-order valence-electron chi connectivity index (χ4n) is 1.78. The van der Waals surface area contributed by atoms with Gasteiger partial charge in [0.2, 0.25) is 0 Å². The highest BCUT2D eigenvalue weighted by Crippen LogP contribution is 2.22. The zero-order chi connectivity index (χ0) is 8.97. The Morgan fingerprint density at radius 3 is 2.50 bits per heavy atom. The normalized spacial score (nSPS) is 24.2. The topological polar surface area (TPSA) is 23.5 Å². The fraction of sp³-hybridized carbons (Fsp3) is 1.00. The van der Waals surface area contributed by atoms with Crippen LogP contribution in [0.2, 0.25) is 0 Å². The minimum Gasteiger partial charge on any atom is -0.393 e. The van der Waals surface area contributed by atoms with Crippen molar-refractivity contribution >= 4 is 0 Å². The van der Waals surface area contributed by atoms with Gasteiger partial charge in [0.1, 0.15) is 6.17 Å². The Morgan fingerprint density at radius 2 is 2.08 bits per heavy atom. The predicted octanol–water partition coefficient (Wildman–Crippen LogP) is 1.05. The number of piperidine rings is 1. The highest BCUT2D eigenvalue weighted by Gasteiger charge is 2.24. The van der Waals surface area contributed by atoms with Gasteiger partial charge in [-0.3, -0.25) is 0 Å². The third-order valence-electron chi connectivity index (χ3n) is 2.77. The summed E-state index contributed by atoms with van der Waals surface area (Å²) in [5.74, 6) is 0.0952. The average molecular weight is 175 g/mol. The average Bonchev–Trinajstić information content (AvgIpc) is 2.17. The Kier molecular flexibility index (Phi) is 3.95. The van der Waals surface area contributed by atoms with Crippen LogP contribution in [0.15, 0.2) is 0 Å². The van der Waals surface area contributed by atoms with Crippen molar-refractivity contribution in [2.24, 2.45) is 5.92 Å². The van der Waals surface area contributed by atoms with Crippen LogP contribution in [0.3, 0.4) is 0 Å². The molecule has 0 bridgehead atoms. The van der Waals surface area contributed by atoms with Crippen LogP contribution < -0.4 is 0 Å². The molecule has 3 heteroatoms. The summed E-state index contributed by atoms with van der Waals surface area (Å²) in [6, 6.07) is 0. The first kappa shape index (κ1) is 9.93. The van der Waals surface area contributed by atoms with Gasteiger partial charge in [-0.15, -0.1) is 0 Å². The molecule has 0 saturated carbocycles.